The molecule has 0 amide bonds. The second-order valence-electron chi connectivity index (χ2n) is 2.79. The SMILES string of the molecule is CC(O)[C@@H](O)C(O)C(O)C(=O)CO. The highest BCUT2D eigenvalue weighted by Crippen LogP contribution is 2.05. The summed E-state index contributed by atoms with van der Waals surface area (Å²) >= 11 is 0. The van der Waals surface area contributed by atoms with Crippen LogP contribution in [0.2, 0.25) is 0 Å². The van der Waals surface area contributed by atoms with Crippen molar-refractivity contribution < 1.29 is 30.3 Å². The molecule has 0 saturated heterocycles. The number of rotatable bonds is 5. The summed E-state index contributed by atoms with van der Waals surface area (Å²) in [5.74, 6) is -1.01. The molecular weight excluding hydrogens is 180 g/mol. The van der Waals surface area contributed by atoms with Crippen molar-refractivity contribution in [3.05, 3.63) is 0 Å². The Bertz CT molecular complexity index is 168. The van der Waals surface area contributed by atoms with Crippen molar-refractivity contribution in [1.82, 2.24) is 0 Å². The molecule has 4 atom stereocenters. The van der Waals surface area contributed by atoms with Gasteiger partial charge in [-0.05, 0) is 6.92 Å². The van der Waals surface area contributed by atoms with E-state index < -0.39 is 36.8 Å². The van der Waals surface area contributed by atoms with Gasteiger partial charge in [-0.2, -0.15) is 0 Å². The maximum Gasteiger partial charge on any atom is 0.189 e. The van der Waals surface area contributed by atoms with Gasteiger partial charge in [0.05, 0.1) is 6.10 Å². The molecule has 0 spiro atoms. The normalized spacial score (nSPS) is 20.5. The molecular formula is C7H14O6. The minimum atomic E-state index is -1.88. The van der Waals surface area contributed by atoms with Gasteiger partial charge in [0.25, 0.3) is 0 Å². The fourth-order valence-corrected chi connectivity index (χ4v) is 0.756. The molecule has 0 aliphatic carbocycles. The van der Waals surface area contributed by atoms with Gasteiger partial charge >= 0.3 is 0 Å². The first-order valence-electron chi connectivity index (χ1n) is 3.77. The first-order chi connectivity index (χ1) is 5.91. The van der Waals surface area contributed by atoms with Gasteiger partial charge in [0.2, 0.25) is 0 Å². The summed E-state index contributed by atoms with van der Waals surface area (Å²) in [7, 11) is 0. The van der Waals surface area contributed by atoms with E-state index in [-0.39, 0.29) is 0 Å². The minimum absolute atomic E-state index is 0.926. The molecule has 78 valence electrons. The van der Waals surface area contributed by atoms with Crippen LogP contribution in [0.3, 0.4) is 0 Å². The Morgan fingerprint density at radius 1 is 1.15 bits per heavy atom. The van der Waals surface area contributed by atoms with Gasteiger partial charge < -0.3 is 25.5 Å². The van der Waals surface area contributed by atoms with E-state index in [0.717, 1.165) is 0 Å². The molecule has 5 N–H and O–H groups in total. The number of Topliss-reactive ketones (excluding diaryl/α,β-unsaturated/α-hetero) is 1. The van der Waals surface area contributed by atoms with Gasteiger partial charge in [-0.1, -0.05) is 0 Å². The lowest BCUT2D eigenvalue weighted by molar-refractivity contribution is -0.146. The summed E-state index contributed by atoms with van der Waals surface area (Å²) in [5, 5.41) is 44.2. The Morgan fingerprint density at radius 2 is 1.62 bits per heavy atom. The molecule has 0 fully saturated rings. The molecule has 6 heteroatoms. The zero-order chi connectivity index (χ0) is 10.6. The predicted octanol–water partition coefficient (Wildman–Crippen LogP) is -2.99. The number of carbonyl (C=O) groups is 1. The van der Waals surface area contributed by atoms with Crippen LogP contribution in [0.1, 0.15) is 6.92 Å². The van der Waals surface area contributed by atoms with E-state index >= 15 is 0 Å². The van der Waals surface area contributed by atoms with Crippen molar-refractivity contribution in [3.8, 4) is 0 Å². The van der Waals surface area contributed by atoms with E-state index in [9.17, 15) is 4.79 Å². The van der Waals surface area contributed by atoms with Crippen LogP contribution in [0.15, 0.2) is 0 Å². The zero-order valence-corrected chi connectivity index (χ0v) is 7.16. The lowest BCUT2D eigenvalue weighted by Crippen LogP contribution is -2.47. The van der Waals surface area contributed by atoms with E-state index in [0.29, 0.717) is 0 Å². The van der Waals surface area contributed by atoms with Crippen molar-refractivity contribution >= 4 is 5.78 Å². The lowest BCUT2D eigenvalue weighted by Gasteiger charge is -2.23. The van der Waals surface area contributed by atoms with Crippen LogP contribution in [-0.4, -0.2) is 62.3 Å². The van der Waals surface area contributed by atoms with Gasteiger partial charge in [0, 0.05) is 0 Å². The molecule has 0 saturated carbocycles. The summed E-state index contributed by atoms with van der Waals surface area (Å²) in [6.07, 6.45) is -6.56. The van der Waals surface area contributed by atoms with E-state index in [1.807, 2.05) is 0 Å². The fourth-order valence-electron chi connectivity index (χ4n) is 0.756. The molecule has 13 heavy (non-hydrogen) atoms. The van der Waals surface area contributed by atoms with Crippen molar-refractivity contribution in [2.24, 2.45) is 0 Å². The molecule has 0 rings (SSSR count). The molecule has 3 unspecified atom stereocenters. The third kappa shape index (κ3) is 3.37. The molecule has 0 aromatic heterocycles. The van der Waals surface area contributed by atoms with Gasteiger partial charge in [0.15, 0.2) is 5.78 Å². The number of aliphatic hydroxyl groups excluding tert-OH is 5. The first kappa shape index (κ1) is 12.5. The van der Waals surface area contributed by atoms with Crippen LogP contribution < -0.4 is 0 Å². The van der Waals surface area contributed by atoms with Crippen LogP contribution in [0, 0.1) is 0 Å². The molecule has 0 heterocycles. The van der Waals surface area contributed by atoms with Crippen molar-refractivity contribution in [2.75, 3.05) is 6.61 Å². The number of aliphatic hydroxyl groups is 5. The highest BCUT2D eigenvalue weighted by molar-refractivity contribution is 5.84. The molecule has 6 nitrogen and oxygen atoms in total. The van der Waals surface area contributed by atoms with Gasteiger partial charge in [0.1, 0.15) is 24.9 Å². The van der Waals surface area contributed by atoms with Crippen LogP contribution in [0.5, 0.6) is 0 Å². The Labute approximate surface area is 75.1 Å². The molecule has 0 aliphatic rings. The Hall–Kier alpha value is -0.530. The van der Waals surface area contributed by atoms with Crippen molar-refractivity contribution in [2.45, 2.75) is 31.3 Å². The van der Waals surface area contributed by atoms with E-state index in [2.05, 4.69) is 0 Å². The predicted molar refractivity (Wildman–Crippen MR) is 41.8 cm³/mol. The highest BCUT2D eigenvalue weighted by atomic mass is 16.4. The first-order valence-corrected chi connectivity index (χ1v) is 3.77. The largest absolute Gasteiger partial charge is 0.391 e. The Kier molecular flexibility index (Phi) is 5.04. The van der Waals surface area contributed by atoms with Crippen LogP contribution in [0.25, 0.3) is 0 Å². The van der Waals surface area contributed by atoms with Crippen molar-refractivity contribution in [3.63, 3.8) is 0 Å². The molecule has 0 radical (unpaired) electrons. The number of hydrogen-bond acceptors (Lipinski definition) is 6. The summed E-state index contributed by atoms with van der Waals surface area (Å²) in [4.78, 5) is 10.6. The minimum Gasteiger partial charge on any atom is -0.391 e. The van der Waals surface area contributed by atoms with Gasteiger partial charge in [-0.15, -0.1) is 0 Å². The van der Waals surface area contributed by atoms with Crippen LogP contribution >= 0.6 is 0 Å². The molecule has 0 aromatic rings. The van der Waals surface area contributed by atoms with E-state index in [4.69, 9.17) is 25.5 Å². The number of ketones is 1. The van der Waals surface area contributed by atoms with Crippen LogP contribution in [0.4, 0.5) is 0 Å². The Morgan fingerprint density at radius 3 is 1.92 bits per heavy atom. The maximum atomic E-state index is 10.6. The second-order valence-corrected chi connectivity index (χ2v) is 2.79. The quantitative estimate of drug-likeness (QED) is 0.318. The smallest absolute Gasteiger partial charge is 0.189 e. The topological polar surface area (TPSA) is 118 Å². The summed E-state index contributed by atoms with van der Waals surface area (Å²) in [5.41, 5.74) is 0. The third-order valence-corrected chi connectivity index (χ3v) is 1.65. The second kappa shape index (κ2) is 5.25. The van der Waals surface area contributed by atoms with Crippen LogP contribution in [-0.2, 0) is 4.79 Å². The van der Waals surface area contributed by atoms with Crippen molar-refractivity contribution in [1.29, 1.82) is 0 Å². The summed E-state index contributed by atoms with van der Waals surface area (Å²) in [6, 6.07) is 0. The van der Waals surface area contributed by atoms with E-state index in [1.54, 1.807) is 0 Å². The van der Waals surface area contributed by atoms with Gasteiger partial charge in [-0.25, -0.2) is 0 Å². The molecule has 0 aromatic carbocycles. The molecule has 0 bridgehead atoms. The van der Waals surface area contributed by atoms with E-state index in [1.165, 1.54) is 6.92 Å². The third-order valence-electron chi connectivity index (χ3n) is 1.65. The standard InChI is InChI=1S/C7H14O6/c1-3(9)5(11)7(13)6(12)4(10)2-8/h3,5-9,11-13H,2H2,1H3/t3?,5-,6?,7?/m1/s1. The highest BCUT2D eigenvalue weighted by Gasteiger charge is 2.31. The monoisotopic (exact) mass is 194 g/mol. The Balaban J connectivity index is 4.24. The summed E-state index contributed by atoms with van der Waals surface area (Å²) < 4.78 is 0. The van der Waals surface area contributed by atoms with Gasteiger partial charge in [-0.3, -0.25) is 4.79 Å². The molecule has 0 aliphatic heterocycles. The number of hydrogen-bond donors (Lipinski definition) is 5. The average Bonchev–Trinajstić information content (AvgIpc) is 2.12. The lowest BCUT2D eigenvalue weighted by atomic mass is 10.0. The maximum absolute atomic E-state index is 10.6. The summed E-state index contributed by atoms with van der Waals surface area (Å²) in [6.45, 7) is 0.273. The number of carbonyl (C=O) groups excluding carboxylic acids is 1. The average molecular weight is 194 g/mol. The zero-order valence-electron chi connectivity index (χ0n) is 7.16. The fraction of sp³-hybridized carbons (Fsp3) is 0.857.